The van der Waals surface area contributed by atoms with Crippen LogP contribution in [0.15, 0.2) is 34.8 Å². The van der Waals surface area contributed by atoms with Gasteiger partial charge in [-0.1, -0.05) is 60.5 Å². The van der Waals surface area contributed by atoms with Crippen molar-refractivity contribution in [2.45, 2.75) is 51.4 Å². The van der Waals surface area contributed by atoms with E-state index in [-0.39, 0.29) is 12.2 Å². The predicted octanol–water partition coefficient (Wildman–Crippen LogP) is 4.39. The number of allylic oxidation sites excluding steroid dienone is 2. The van der Waals surface area contributed by atoms with Crippen LogP contribution in [-0.2, 0) is 20.7 Å². The second-order valence-corrected chi connectivity index (χ2v) is 6.48. The Morgan fingerprint density at radius 2 is 2.23 bits per heavy atom. The molecular formula is C18H23BrO3. The van der Waals surface area contributed by atoms with Crippen molar-refractivity contribution in [1.82, 2.24) is 0 Å². The van der Waals surface area contributed by atoms with Gasteiger partial charge in [0.15, 0.2) is 12.6 Å². The topological polar surface area (TPSA) is 35.5 Å². The number of unbranched alkanes of at least 4 members (excludes halogenated alkanes) is 1. The Kier molecular flexibility index (Phi) is 6.80. The minimum Gasteiger partial charge on any atom is -0.349 e. The highest BCUT2D eigenvalue weighted by molar-refractivity contribution is 9.10. The molecule has 3 atom stereocenters. The summed E-state index contributed by atoms with van der Waals surface area (Å²) in [5.41, 5.74) is 2.42. The third kappa shape index (κ3) is 4.51. The van der Waals surface area contributed by atoms with Crippen LogP contribution in [0.5, 0.6) is 0 Å². The lowest BCUT2D eigenvalue weighted by Crippen LogP contribution is -2.19. The average Bonchev–Trinajstić information content (AvgIpc) is 3.01. The molecule has 1 aromatic rings. The lowest BCUT2D eigenvalue weighted by atomic mass is 9.97. The lowest BCUT2D eigenvalue weighted by molar-refractivity contribution is -0.120. The zero-order chi connectivity index (χ0) is 15.9. The summed E-state index contributed by atoms with van der Waals surface area (Å²) in [7, 11) is 0. The molecule has 0 aliphatic carbocycles. The van der Waals surface area contributed by atoms with E-state index in [0.717, 1.165) is 29.2 Å². The summed E-state index contributed by atoms with van der Waals surface area (Å²) in [4.78, 5) is 10.8. The number of benzene rings is 1. The Hall–Kier alpha value is -0.970. The van der Waals surface area contributed by atoms with Crippen LogP contribution in [0.3, 0.4) is 0 Å². The number of carbonyl (C=O) groups excluding carboxylic acids is 1. The minimum atomic E-state index is -0.439. The van der Waals surface area contributed by atoms with Crippen molar-refractivity contribution < 1.29 is 14.3 Å². The molecular weight excluding hydrogens is 344 g/mol. The van der Waals surface area contributed by atoms with Crippen LogP contribution in [0.4, 0.5) is 0 Å². The smallest absolute Gasteiger partial charge is 0.165 e. The molecule has 0 aromatic heterocycles. The average molecular weight is 367 g/mol. The molecule has 0 amide bonds. The SMILES string of the molecule is CCC/C=C\Cc1ccc(Br)c(C(C)C2OCC(C=O)O2)c1. The quantitative estimate of drug-likeness (QED) is 0.530. The maximum absolute atomic E-state index is 10.8. The molecule has 4 heteroatoms. The zero-order valence-electron chi connectivity index (χ0n) is 13.1. The third-order valence-corrected chi connectivity index (χ3v) is 4.54. The van der Waals surface area contributed by atoms with E-state index in [4.69, 9.17) is 9.47 Å². The van der Waals surface area contributed by atoms with Crippen molar-refractivity contribution in [3.05, 3.63) is 46.0 Å². The van der Waals surface area contributed by atoms with E-state index in [1.807, 2.05) is 0 Å². The number of aldehydes is 1. The van der Waals surface area contributed by atoms with Crippen molar-refractivity contribution >= 4 is 22.2 Å². The number of ether oxygens (including phenoxy) is 2. The van der Waals surface area contributed by atoms with Crippen molar-refractivity contribution in [2.75, 3.05) is 6.61 Å². The molecule has 1 aliphatic heterocycles. The van der Waals surface area contributed by atoms with E-state index >= 15 is 0 Å². The van der Waals surface area contributed by atoms with Gasteiger partial charge in [-0.15, -0.1) is 0 Å². The first kappa shape index (κ1) is 17.4. The van der Waals surface area contributed by atoms with E-state index in [1.54, 1.807) is 0 Å². The zero-order valence-corrected chi connectivity index (χ0v) is 14.7. The summed E-state index contributed by atoms with van der Waals surface area (Å²) in [6.07, 6.45) is 7.66. The fourth-order valence-electron chi connectivity index (χ4n) is 2.49. The normalized spacial score (nSPS) is 23.0. The molecule has 120 valence electrons. The second kappa shape index (κ2) is 8.61. The number of halogens is 1. The van der Waals surface area contributed by atoms with E-state index < -0.39 is 6.10 Å². The van der Waals surface area contributed by atoms with Crippen molar-refractivity contribution in [2.24, 2.45) is 0 Å². The van der Waals surface area contributed by atoms with Crippen LogP contribution in [0.2, 0.25) is 0 Å². The Bertz CT molecular complexity index is 527. The Balaban J connectivity index is 2.07. The Labute approximate surface area is 140 Å². The Morgan fingerprint density at radius 1 is 1.41 bits per heavy atom. The largest absolute Gasteiger partial charge is 0.349 e. The fraction of sp³-hybridized carbons (Fsp3) is 0.500. The number of hydrogen-bond donors (Lipinski definition) is 0. The molecule has 3 unspecified atom stereocenters. The highest BCUT2D eigenvalue weighted by Gasteiger charge is 2.31. The molecule has 0 N–H and O–H groups in total. The first-order chi connectivity index (χ1) is 10.7. The first-order valence-electron chi connectivity index (χ1n) is 7.81. The fourth-order valence-corrected chi connectivity index (χ4v) is 3.10. The van der Waals surface area contributed by atoms with Crippen LogP contribution in [0.1, 0.15) is 43.7 Å². The van der Waals surface area contributed by atoms with Crippen LogP contribution in [0, 0.1) is 0 Å². The summed E-state index contributed by atoms with van der Waals surface area (Å²) in [5.74, 6) is 0.0684. The van der Waals surface area contributed by atoms with Gasteiger partial charge in [0, 0.05) is 10.4 Å². The first-order valence-corrected chi connectivity index (χ1v) is 8.60. The molecule has 3 nitrogen and oxygen atoms in total. The number of carbonyl (C=O) groups is 1. The van der Waals surface area contributed by atoms with Crippen molar-refractivity contribution in [1.29, 1.82) is 0 Å². The van der Waals surface area contributed by atoms with E-state index in [9.17, 15) is 4.79 Å². The summed E-state index contributed by atoms with van der Waals surface area (Å²) in [6.45, 7) is 4.59. The maximum atomic E-state index is 10.8. The highest BCUT2D eigenvalue weighted by atomic mass is 79.9. The molecule has 0 saturated carbocycles. The molecule has 1 fully saturated rings. The highest BCUT2D eigenvalue weighted by Crippen LogP contribution is 2.32. The van der Waals surface area contributed by atoms with Crippen LogP contribution >= 0.6 is 15.9 Å². The summed E-state index contributed by atoms with van der Waals surface area (Å²) < 4.78 is 12.2. The predicted molar refractivity (Wildman–Crippen MR) is 91.0 cm³/mol. The summed E-state index contributed by atoms with van der Waals surface area (Å²) in [5, 5.41) is 0. The van der Waals surface area contributed by atoms with Gasteiger partial charge in [-0.25, -0.2) is 0 Å². The van der Waals surface area contributed by atoms with Gasteiger partial charge in [-0.05, 0) is 30.0 Å². The van der Waals surface area contributed by atoms with Crippen molar-refractivity contribution in [3.8, 4) is 0 Å². The lowest BCUT2D eigenvalue weighted by Gasteiger charge is -2.20. The monoisotopic (exact) mass is 366 g/mol. The minimum absolute atomic E-state index is 0.0684. The van der Waals surface area contributed by atoms with Gasteiger partial charge in [0.05, 0.1) is 6.61 Å². The molecule has 1 aliphatic rings. The van der Waals surface area contributed by atoms with Crippen LogP contribution in [0.25, 0.3) is 0 Å². The molecule has 0 radical (unpaired) electrons. The Morgan fingerprint density at radius 3 is 2.91 bits per heavy atom. The molecule has 0 spiro atoms. The number of rotatable bonds is 7. The third-order valence-electron chi connectivity index (χ3n) is 3.82. The van der Waals surface area contributed by atoms with Crippen molar-refractivity contribution in [3.63, 3.8) is 0 Å². The van der Waals surface area contributed by atoms with Gasteiger partial charge in [0.1, 0.15) is 6.10 Å². The molecule has 22 heavy (non-hydrogen) atoms. The second-order valence-electron chi connectivity index (χ2n) is 5.62. The van der Waals surface area contributed by atoms with Crippen LogP contribution in [-0.4, -0.2) is 25.3 Å². The van der Waals surface area contributed by atoms with E-state index in [2.05, 4.69) is 60.1 Å². The van der Waals surface area contributed by atoms with Crippen LogP contribution < -0.4 is 0 Å². The molecule has 0 bridgehead atoms. The molecule has 1 saturated heterocycles. The van der Waals surface area contributed by atoms with Gasteiger partial charge in [-0.2, -0.15) is 0 Å². The van der Waals surface area contributed by atoms with E-state index in [1.165, 1.54) is 12.0 Å². The molecule has 2 rings (SSSR count). The van der Waals surface area contributed by atoms with Gasteiger partial charge < -0.3 is 14.3 Å². The van der Waals surface area contributed by atoms with Gasteiger partial charge in [0.2, 0.25) is 0 Å². The molecule has 1 heterocycles. The summed E-state index contributed by atoms with van der Waals surface area (Å²) >= 11 is 3.60. The van der Waals surface area contributed by atoms with Gasteiger partial charge in [0.25, 0.3) is 0 Å². The standard InChI is InChI=1S/C18H23BrO3/c1-3-4-5-6-7-14-8-9-17(19)16(10-14)13(2)18-21-12-15(11-20)22-18/h5-6,8-11,13,15,18H,3-4,7,12H2,1-2H3/b6-5-. The summed E-state index contributed by atoms with van der Waals surface area (Å²) in [6, 6.07) is 6.38. The van der Waals surface area contributed by atoms with Gasteiger partial charge in [-0.3, -0.25) is 0 Å². The maximum Gasteiger partial charge on any atom is 0.165 e. The van der Waals surface area contributed by atoms with Gasteiger partial charge >= 0.3 is 0 Å². The van der Waals surface area contributed by atoms with E-state index in [0.29, 0.717) is 6.61 Å². The number of hydrogen-bond acceptors (Lipinski definition) is 3. The molecule has 1 aromatic carbocycles.